The van der Waals surface area contributed by atoms with Crippen molar-refractivity contribution in [2.75, 3.05) is 10.0 Å². The third-order valence-corrected chi connectivity index (χ3v) is 7.20. The number of carbonyl (C=O) groups excluding carboxylic acids is 1. The summed E-state index contributed by atoms with van der Waals surface area (Å²) in [6.07, 6.45) is 6.53. The zero-order chi connectivity index (χ0) is 22.6. The van der Waals surface area contributed by atoms with Gasteiger partial charge < -0.3 is 10.6 Å². The first-order chi connectivity index (χ1) is 15.4. The van der Waals surface area contributed by atoms with Gasteiger partial charge in [-0.2, -0.15) is 0 Å². The van der Waals surface area contributed by atoms with Gasteiger partial charge in [0.1, 0.15) is 28.5 Å². The first kappa shape index (κ1) is 21.5. The molecule has 0 unspecified atom stereocenters. The standard InChI is InChI=1S/C20H19N7O3S2/c1-14(28)22-11-17-6-7-20(31-17)32(29,30)26-16-4-2-15(3-5-16)25-18-10-19(24-12-23-18)27-9-8-21-13-27/h2-10,12-13,26H,11H2,1H3,(H,22,28)(H,23,24,25). The van der Waals surface area contributed by atoms with Crippen LogP contribution in [-0.2, 0) is 21.4 Å². The summed E-state index contributed by atoms with van der Waals surface area (Å²) < 4.78 is 29.8. The summed E-state index contributed by atoms with van der Waals surface area (Å²) in [5, 5.41) is 5.81. The quantitative estimate of drug-likeness (QED) is 0.362. The molecule has 1 aromatic carbocycles. The molecular weight excluding hydrogens is 450 g/mol. The van der Waals surface area contributed by atoms with Crippen molar-refractivity contribution in [2.24, 2.45) is 0 Å². The minimum atomic E-state index is -3.73. The molecule has 3 aromatic heterocycles. The number of thiophene rings is 1. The summed E-state index contributed by atoms with van der Waals surface area (Å²) >= 11 is 1.11. The summed E-state index contributed by atoms with van der Waals surface area (Å²) in [5.41, 5.74) is 1.16. The van der Waals surface area contributed by atoms with E-state index >= 15 is 0 Å². The van der Waals surface area contributed by atoms with Gasteiger partial charge in [0.25, 0.3) is 10.0 Å². The highest BCUT2D eigenvalue weighted by molar-refractivity contribution is 7.94. The number of carbonyl (C=O) groups is 1. The Morgan fingerprint density at radius 1 is 1.09 bits per heavy atom. The Balaban J connectivity index is 1.42. The van der Waals surface area contributed by atoms with E-state index in [1.54, 1.807) is 59.7 Å². The van der Waals surface area contributed by atoms with E-state index in [2.05, 4.69) is 30.3 Å². The molecule has 0 aliphatic carbocycles. The van der Waals surface area contributed by atoms with Gasteiger partial charge in [-0.15, -0.1) is 11.3 Å². The van der Waals surface area contributed by atoms with E-state index in [4.69, 9.17) is 0 Å². The second-order valence-electron chi connectivity index (χ2n) is 6.67. The number of nitrogens with zero attached hydrogens (tertiary/aromatic N) is 4. The average Bonchev–Trinajstić information content (AvgIpc) is 3.46. The van der Waals surface area contributed by atoms with Gasteiger partial charge in [0, 0.05) is 41.6 Å². The molecule has 1 amide bonds. The number of anilines is 3. The fourth-order valence-electron chi connectivity index (χ4n) is 2.74. The molecule has 3 heterocycles. The molecule has 0 aliphatic rings. The number of amides is 1. The Morgan fingerprint density at radius 3 is 2.59 bits per heavy atom. The minimum Gasteiger partial charge on any atom is -0.351 e. The largest absolute Gasteiger partial charge is 0.351 e. The normalized spacial score (nSPS) is 11.2. The Hall–Kier alpha value is -3.77. The van der Waals surface area contributed by atoms with Crippen molar-refractivity contribution >= 4 is 44.5 Å². The number of hydrogen-bond donors (Lipinski definition) is 3. The van der Waals surface area contributed by atoms with Gasteiger partial charge in [0.05, 0.1) is 6.54 Å². The van der Waals surface area contributed by atoms with Gasteiger partial charge in [-0.3, -0.25) is 14.1 Å². The number of aromatic nitrogens is 4. The topological polar surface area (TPSA) is 131 Å². The molecule has 0 aliphatic heterocycles. The van der Waals surface area contributed by atoms with E-state index in [1.165, 1.54) is 19.3 Å². The highest BCUT2D eigenvalue weighted by atomic mass is 32.2. The highest BCUT2D eigenvalue weighted by Gasteiger charge is 2.17. The zero-order valence-corrected chi connectivity index (χ0v) is 18.5. The predicted molar refractivity (Wildman–Crippen MR) is 122 cm³/mol. The maximum absolute atomic E-state index is 12.7. The molecule has 12 heteroatoms. The lowest BCUT2D eigenvalue weighted by Gasteiger charge is -2.09. The fourth-order valence-corrected chi connectivity index (χ4v) is 5.09. The van der Waals surface area contributed by atoms with E-state index in [0.29, 0.717) is 23.9 Å². The van der Waals surface area contributed by atoms with Crippen molar-refractivity contribution in [2.45, 2.75) is 17.7 Å². The van der Waals surface area contributed by atoms with Crippen LogP contribution in [0, 0.1) is 0 Å². The third-order valence-electron chi connectivity index (χ3n) is 4.24. The predicted octanol–water partition coefficient (Wildman–Crippen LogP) is 2.90. The lowest BCUT2D eigenvalue weighted by atomic mass is 10.3. The molecule has 10 nitrogen and oxygen atoms in total. The smallest absolute Gasteiger partial charge is 0.271 e. The monoisotopic (exact) mass is 469 g/mol. The number of hydrogen-bond acceptors (Lipinski definition) is 8. The molecule has 0 saturated carbocycles. The van der Waals surface area contributed by atoms with Crippen LogP contribution < -0.4 is 15.4 Å². The Bertz CT molecular complexity index is 1320. The molecule has 0 spiro atoms. The Kier molecular flexibility index (Phi) is 6.14. The third kappa shape index (κ3) is 5.28. The van der Waals surface area contributed by atoms with Crippen molar-refractivity contribution in [3.63, 3.8) is 0 Å². The van der Waals surface area contributed by atoms with Crippen LogP contribution in [0.25, 0.3) is 5.82 Å². The summed E-state index contributed by atoms with van der Waals surface area (Å²) in [5.74, 6) is 1.08. The molecule has 0 saturated heterocycles. The average molecular weight is 470 g/mol. The molecule has 0 atom stereocenters. The van der Waals surface area contributed by atoms with Crippen LogP contribution in [-0.4, -0.2) is 33.8 Å². The molecule has 0 bridgehead atoms. The second kappa shape index (κ2) is 9.16. The molecule has 4 rings (SSSR count). The van der Waals surface area contributed by atoms with Gasteiger partial charge in [0.2, 0.25) is 5.91 Å². The van der Waals surface area contributed by atoms with Crippen LogP contribution in [0.1, 0.15) is 11.8 Å². The van der Waals surface area contributed by atoms with E-state index in [1.807, 2.05) is 0 Å². The van der Waals surface area contributed by atoms with Crippen molar-refractivity contribution in [3.8, 4) is 5.82 Å². The maximum atomic E-state index is 12.7. The lowest BCUT2D eigenvalue weighted by molar-refractivity contribution is -0.119. The van der Waals surface area contributed by atoms with Gasteiger partial charge >= 0.3 is 0 Å². The van der Waals surface area contributed by atoms with Crippen molar-refractivity contribution in [1.29, 1.82) is 0 Å². The first-order valence-electron chi connectivity index (χ1n) is 9.42. The van der Waals surface area contributed by atoms with Crippen LogP contribution in [0.5, 0.6) is 0 Å². The van der Waals surface area contributed by atoms with Crippen molar-refractivity contribution in [1.82, 2.24) is 24.8 Å². The SMILES string of the molecule is CC(=O)NCc1ccc(S(=O)(=O)Nc2ccc(Nc3cc(-n4ccnc4)ncn3)cc2)s1. The van der Waals surface area contributed by atoms with Gasteiger partial charge in [-0.1, -0.05) is 0 Å². The zero-order valence-electron chi connectivity index (χ0n) is 16.9. The summed E-state index contributed by atoms with van der Waals surface area (Å²) in [7, 11) is -3.73. The second-order valence-corrected chi connectivity index (χ2v) is 9.75. The number of imidazole rings is 1. The molecular formula is C20H19N7O3S2. The molecule has 0 fully saturated rings. The van der Waals surface area contributed by atoms with Gasteiger partial charge in [-0.25, -0.2) is 23.4 Å². The maximum Gasteiger partial charge on any atom is 0.271 e. The summed E-state index contributed by atoms with van der Waals surface area (Å²) in [6.45, 7) is 1.70. The molecule has 3 N–H and O–H groups in total. The van der Waals surface area contributed by atoms with E-state index in [9.17, 15) is 13.2 Å². The molecule has 4 aromatic rings. The van der Waals surface area contributed by atoms with E-state index in [-0.39, 0.29) is 10.1 Å². The summed E-state index contributed by atoms with van der Waals surface area (Å²) in [4.78, 5) is 24.2. The molecule has 0 radical (unpaired) electrons. The Morgan fingerprint density at radius 2 is 1.88 bits per heavy atom. The number of rotatable bonds is 8. The van der Waals surface area contributed by atoms with Crippen molar-refractivity contribution in [3.05, 3.63) is 72.4 Å². The minimum absolute atomic E-state index is 0.172. The van der Waals surface area contributed by atoms with Crippen LogP contribution in [0.3, 0.4) is 0 Å². The molecule has 32 heavy (non-hydrogen) atoms. The van der Waals surface area contributed by atoms with Crippen LogP contribution in [0.15, 0.2) is 71.7 Å². The first-order valence-corrected chi connectivity index (χ1v) is 11.7. The lowest BCUT2D eigenvalue weighted by Crippen LogP contribution is -2.18. The van der Waals surface area contributed by atoms with Crippen molar-refractivity contribution < 1.29 is 13.2 Å². The van der Waals surface area contributed by atoms with Crippen LogP contribution in [0.4, 0.5) is 17.2 Å². The van der Waals surface area contributed by atoms with Gasteiger partial charge in [0.15, 0.2) is 0 Å². The Labute approximate surface area is 188 Å². The number of benzene rings is 1. The number of nitrogens with one attached hydrogen (secondary N) is 3. The molecule has 164 valence electrons. The van der Waals surface area contributed by atoms with Crippen LogP contribution >= 0.6 is 11.3 Å². The summed E-state index contributed by atoms with van der Waals surface area (Å²) in [6, 6.07) is 11.8. The van der Waals surface area contributed by atoms with E-state index in [0.717, 1.165) is 21.9 Å². The highest BCUT2D eigenvalue weighted by Crippen LogP contribution is 2.25. The van der Waals surface area contributed by atoms with Crippen LogP contribution in [0.2, 0.25) is 0 Å². The van der Waals surface area contributed by atoms with E-state index < -0.39 is 10.0 Å². The number of sulfonamides is 1. The fraction of sp³-hybridized carbons (Fsp3) is 0.100. The van der Waals surface area contributed by atoms with Gasteiger partial charge in [-0.05, 0) is 36.4 Å².